The first-order chi connectivity index (χ1) is 3.15. The number of hydrogen-bond donors (Lipinski definition) is 2. The molecule has 0 amide bonds. The Kier molecular flexibility index (Phi) is 13.6. The molecule has 0 aliphatic carbocycles. The topological polar surface area (TPSA) is 91.7 Å². The summed E-state index contributed by atoms with van der Waals surface area (Å²) in [7, 11) is -2.86. The van der Waals surface area contributed by atoms with E-state index < -0.39 is 26.7 Å². The Morgan fingerprint density at radius 3 is 1.43 bits per heavy atom. The van der Waals surface area contributed by atoms with Crippen molar-refractivity contribution in [2.75, 3.05) is 0 Å². The minimum absolute atomic E-state index is 1.75. The summed E-state index contributed by atoms with van der Waals surface area (Å²) >= 11 is -1.75. The first kappa shape index (κ1) is 10.1. The standard InChI is InChI=1S/GeHO2.HO3S/c2-1-3;1-4(2)3/h2H;(H,1,2,3)/q;-1. The summed E-state index contributed by atoms with van der Waals surface area (Å²) in [5.41, 5.74) is 0. The monoisotopic (exact) mass is 188 g/mol. The summed E-state index contributed by atoms with van der Waals surface area (Å²) in [4.78, 5) is 0. The van der Waals surface area contributed by atoms with Crippen LogP contribution in [0.15, 0.2) is 0 Å². The average molecular weight is 187 g/mol. The molecule has 7 heavy (non-hydrogen) atoms. The molecular formula is H2GeO5S-. The summed E-state index contributed by atoms with van der Waals surface area (Å²) in [5, 5.41) is 0. The van der Waals surface area contributed by atoms with Crippen molar-refractivity contribution in [1.29, 1.82) is 0 Å². The van der Waals surface area contributed by atoms with Crippen LogP contribution in [-0.2, 0) is 23.2 Å². The van der Waals surface area contributed by atoms with Crippen molar-refractivity contribution in [1.82, 2.24) is 0 Å². The van der Waals surface area contributed by atoms with Crippen LogP contribution in [-0.4, -0.2) is 24.4 Å². The molecule has 0 aliphatic rings. The van der Waals surface area contributed by atoms with Gasteiger partial charge in [0.05, 0.1) is 0 Å². The van der Waals surface area contributed by atoms with Gasteiger partial charge in [0.25, 0.3) is 0 Å². The van der Waals surface area contributed by atoms with Gasteiger partial charge in [0.1, 0.15) is 0 Å². The van der Waals surface area contributed by atoms with Gasteiger partial charge in [-0.25, -0.2) is 0 Å². The third-order valence-corrected chi connectivity index (χ3v) is 0. The van der Waals surface area contributed by atoms with Crippen LogP contribution in [0.2, 0.25) is 0 Å². The molecule has 43 valence electrons. The molecule has 0 heterocycles. The number of hydrogen-bond acceptors (Lipinski definition) is 4. The Balaban J connectivity index is 0. The van der Waals surface area contributed by atoms with E-state index in [4.69, 9.17) is 20.9 Å². The molecule has 5 nitrogen and oxygen atoms in total. The van der Waals surface area contributed by atoms with Crippen molar-refractivity contribution >= 4 is 26.7 Å². The fourth-order valence-corrected chi connectivity index (χ4v) is 0. The van der Waals surface area contributed by atoms with Crippen molar-refractivity contribution < 1.29 is 20.9 Å². The van der Waals surface area contributed by atoms with Gasteiger partial charge in [-0.15, -0.1) is 0 Å². The molecule has 2 N–H and O–H groups in total. The summed E-state index contributed by atoms with van der Waals surface area (Å²) in [6.07, 6.45) is 0. The van der Waals surface area contributed by atoms with E-state index in [0.717, 1.165) is 0 Å². The van der Waals surface area contributed by atoms with Crippen LogP contribution in [0, 0.1) is 0 Å². The molecule has 1 radical (unpaired) electrons. The van der Waals surface area contributed by atoms with Crippen LogP contribution in [0.4, 0.5) is 0 Å². The van der Waals surface area contributed by atoms with E-state index in [1.165, 1.54) is 0 Å². The second-order valence-corrected chi connectivity index (χ2v) is 1.13. The summed E-state index contributed by atoms with van der Waals surface area (Å²) in [6.45, 7) is 0. The zero-order valence-corrected chi connectivity index (χ0v) is 5.94. The van der Waals surface area contributed by atoms with Crippen molar-refractivity contribution in [3.8, 4) is 0 Å². The molecule has 0 aromatic rings. The maximum absolute atomic E-state index is 8.61. The molecule has 0 spiro atoms. The second kappa shape index (κ2) is 9.41. The van der Waals surface area contributed by atoms with Gasteiger partial charge in [-0.05, 0) is 0 Å². The predicted molar refractivity (Wildman–Crippen MR) is 20.0 cm³/mol. The van der Waals surface area contributed by atoms with Crippen LogP contribution in [0.1, 0.15) is 0 Å². The first-order valence-corrected chi connectivity index (χ1v) is 3.77. The molecule has 0 aromatic heterocycles. The predicted octanol–water partition coefficient (Wildman–Crippen LogP) is -1.29. The van der Waals surface area contributed by atoms with Gasteiger partial charge >= 0.3 is 23.6 Å². The summed E-state index contributed by atoms with van der Waals surface area (Å²) in [5.74, 6) is 0. The van der Waals surface area contributed by atoms with Gasteiger partial charge in [-0.3, -0.25) is 0 Å². The first-order valence-electron chi connectivity index (χ1n) is 0.944. The molecule has 0 saturated heterocycles. The Morgan fingerprint density at radius 2 is 1.43 bits per heavy atom. The van der Waals surface area contributed by atoms with E-state index in [9.17, 15) is 0 Å². The van der Waals surface area contributed by atoms with Crippen LogP contribution in [0.25, 0.3) is 0 Å². The quantitative estimate of drug-likeness (QED) is 0.213. The van der Waals surface area contributed by atoms with Gasteiger partial charge in [0, 0.05) is 11.0 Å². The normalized spacial score (nSPS) is 6.57. The van der Waals surface area contributed by atoms with Crippen LogP contribution in [0.5, 0.6) is 0 Å². The Hall–Kier alpha value is 0.0529. The summed E-state index contributed by atoms with van der Waals surface area (Å²) < 4.78 is 39.8. The zero-order chi connectivity index (χ0) is 6.28. The maximum atomic E-state index is 8.61. The Bertz CT molecular complexity index is 84.3. The van der Waals surface area contributed by atoms with Gasteiger partial charge in [-0.2, -0.15) is 0 Å². The van der Waals surface area contributed by atoms with Crippen LogP contribution < -0.4 is 0 Å². The van der Waals surface area contributed by atoms with E-state index in [0.29, 0.717) is 0 Å². The summed E-state index contributed by atoms with van der Waals surface area (Å²) in [6, 6.07) is 0. The fourth-order valence-electron chi connectivity index (χ4n) is 0. The molecular weight excluding hydrogens is 185 g/mol. The van der Waals surface area contributed by atoms with Crippen molar-refractivity contribution in [2.24, 2.45) is 0 Å². The third-order valence-electron chi connectivity index (χ3n) is 0. The zero-order valence-electron chi connectivity index (χ0n) is 3.03. The van der Waals surface area contributed by atoms with E-state index in [1.807, 2.05) is 0 Å². The minimum atomic E-state index is -2.86. The average Bonchev–Trinajstić information content (AvgIpc) is 1.33. The van der Waals surface area contributed by atoms with Gasteiger partial charge in [0.15, 0.2) is 0 Å². The fraction of sp³-hybridized carbons (Fsp3) is 0. The molecule has 0 bridgehead atoms. The molecule has 0 rings (SSSR count). The Morgan fingerprint density at radius 1 is 1.43 bits per heavy atom. The molecule has 0 unspecified atom stereocenters. The van der Waals surface area contributed by atoms with Gasteiger partial charge < -0.3 is 13.0 Å². The third kappa shape index (κ3) is 35600. The number of rotatable bonds is 0. The van der Waals surface area contributed by atoms with Gasteiger partial charge in [0.2, 0.25) is 0 Å². The molecule has 0 aromatic carbocycles. The van der Waals surface area contributed by atoms with Crippen molar-refractivity contribution in [3.05, 3.63) is 0 Å². The molecule has 0 fully saturated rings. The molecule has 0 atom stereocenters. The second-order valence-electron chi connectivity index (χ2n) is 0.308. The molecule has 7 heteroatoms. The molecule has 0 saturated carbocycles. The Labute approximate surface area is 48.2 Å². The van der Waals surface area contributed by atoms with Crippen LogP contribution >= 0.6 is 0 Å². The van der Waals surface area contributed by atoms with Crippen LogP contribution in [0.3, 0.4) is 0 Å². The van der Waals surface area contributed by atoms with E-state index in [2.05, 4.69) is 0 Å². The molecule has 0 aliphatic heterocycles. The van der Waals surface area contributed by atoms with E-state index in [1.54, 1.807) is 0 Å². The van der Waals surface area contributed by atoms with E-state index in [-0.39, 0.29) is 0 Å². The van der Waals surface area contributed by atoms with Crippen molar-refractivity contribution in [2.45, 2.75) is 0 Å². The van der Waals surface area contributed by atoms with E-state index >= 15 is 0 Å². The SMILES string of the molecule is O=[S-](=O)O.[O]=[Ge][OH]. The van der Waals surface area contributed by atoms with Gasteiger partial charge in [-0.1, -0.05) is 0 Å². The van der Waals surface area contributed by atoms with Crippen molar-refractivity contribution in [3.63, 3.8) is 0 Å².